The molecule has 1 amide bonds. The van der Waals surface area contributed by atoms with Crippen molar-refractivity contribution in [3.8, 4) is 17.2 Å². The number of ether oxygens (including phenoxy) is 5. The van der Waals surface area contributed by atoms with Crippen LogP contribution >= 0.6 is 0 Å². The maximum absolute atomic E-state index is 13.6. The molecular weight excluding hydrogens is 719 g/mol. The van der Waals surface area contributed by atoms with Crippen molar-refractivity contribution >= 4 is 23.0 Å². The van der Waals surface area contributed by atoms with Gasteiger partial charge in [0.2, 0.25) is 0 Å². The van der Waals surface area contributed by atoms with Gasteiger partial charge in [-0.05, 0) is 153 Å². The standard InChI is InChI=1S/C46H71N5O6/c1-30(2)36-27-35(55-20-12-19-51(7)18-11-17-48-6)15-16-38(36)50-39(43-40(53-8)13-10-14-41(43)54-9)28-37(47)44(52)49-29-34-24-31-21-32(25-34)23-33(22-31)26-42-45(56-42)57-46(3,4)5/h10,13-16,27-28,30-34,42,45,47-48,50H,11-12,17-26,29H2,1-9H3,(H,49,52)/p+1/b39-28-,47-37?. The van der Waals surface area contributed by atoms with E-state index < -0.39 is 0 Å². The van der Waals surface area contributed by atoms with Crippen LogP contribution in [0.15, 0.2) is 42.5 Å². The first-order valence-electron chi connectivity index (χ1n) is 21.3. The molecular formula is C46H72N5O6+. The van der Waals surface area contributed by atoms with E-state index in [1.165, 1.54) is 19.3 Å². The summed E-state index contributed by atoms with van der Waals surface area (Å²) in [5, 5.41) is 17.4. The summed E-state index contributed by atoms with van der Waals surface area (Å²) in [4.78, 5) is 16.0. The molecule has 11 heteroatoms. The number of amides is 1. The Balaban J connectivity index is 1.22. The minimum Gasteiger partial charge on any atom is -0.496 e. The van der Waals surface area contributed by atoms with Crippen LogP contribution in [0.2, 0.25) is 0 Å². The van der Waals surface area contributed by atoms with Gasteiger partial charge in [-0.2, -0.15) is 0 Å². The number of carbonyl (C=O) groups excluding carboxylic acids is 1. The molecule has 11 nitrogen and oxygen atoms in total. The van der Waals surface area contributed by atoms with Crippen molar-refractivity contribution in [3.63, 3.8) is 0 Å². The average Bonchev–Trinajstić information content (AvgIpc) is 3.89. The number of benzene rings is 2. The number of fused-ring (bicyclic) bond motifs is 2. The van der Waals surface area contributed by atoms with Gasteiger partial charge >= 0.3 is 0 Å². The Labute approximate surface area is 342 Å². The summed E-state index contributed by atoms with van der Waals surface area (Å²) < 4.78 is 29.8. The highest BCUT2D eigenvalue weighted by molar-refractivity contribution is 6.43. The van der Waals surface area contributed by atoms with Gasteiger partial charge in [-0.15, -0.1) is 0 Å². The fourth-order valence-corrected chi connectivity index (χ4v) is 9.04. The topological polar surface area (TPSA) is 134 Å². The van der Waals surface area contributed by atoms with Crippen LogP contribution in [-0.2, 0) is 14.3 Å². The highest BCUT2D eigenvalue weighted by Crippen LogP contribution is 2.48. The molecule has 2 bridgehead atoms. The number of nitrogens with one attached hydrogen (secondary N) is 3. The SMILES string of the molecule is CNCCCN(C)CCCOc1ccc([NH2+]/C(=C\C(=N)C(=O)NCC2CC3CC(C2)CC(CC2OC2OC(C)(C)C)C3)c2c(OC)cccc2OC)c(C(C)C)c1. The van der Waals surface area contributed by atoms with E-state index in [2.05, 4.69) is 69.3 Å². The number of nitrogens with two attached hydrogens (primary N) is 1. The smallest absolute Gasteiger partial charge is 0.269 e. The molecule has 1 aliphatic heterocycles. The summed E-state index contributed by atoms with van der Waals surface area (Å²) in [6, 6.07) is 11.8. The van der Waals surface area contributed by atoms with Gasteiger partial charge < -0.3 is 39.2 Å². The molecule has 1 saturated heterocycles. The number of hydrogen-bond acceptors (Lipinski definition) is 9. The first-order chi connectivity index (χ1) is 27.3. The first kappa shape index (κ1) is 44.6. The highest BCUT2D eigenvalue weighted by atomic mass is 16.8. The van der Waals surface area contributed by atoms with Crippen molar-refractivity contribution < 1.29 is 33.8 Å². The van der Waals surface area contributed by atoms with Gasteiger partial charge in [-0.3, -0.25) is 15.5 Å². The maximum atomic E-state index is 13.6. The Morgan fingerprint density at radius 1 is 1.00 bits per heavy atom. The van der Waals surface area contributed by atoms with Gasteiger partial charge in [-0.25, -0.2) is 0 Å². The molecule has 0 aromatic heterocycles. The molecule has 0 spiro atoms. The zero-order valence-electron chi connectivity index (χ0n) is 36.2. The van der Waals surface area contributed by atoms with Gasteiger partial charge in [0.15, 0.2) is 12.0 Å². The quantitative estimate of drug-likeness (QED) is 0.0439. The lowest BCUT2D eigenvalue weighted by Crippen LogP contribution is -2.75. The molecule has 3 fully saturated rings. The minimum absolute atomic E-state index is 0.0513. The Morgan fingerprint density at radius 2 is 1.67 bits per heavy atom. The lowest BCUT2D eigenvalue weighted by atomic mass is 9.64. The normalized spacial score (nSPS) is 23.4. The second-order valence-electron chi connectivity index (χ2n) is 18.0. The van der Waals surface area contributed by atoms with Crippen molar-refractivity contribution in [2.24, 2.45) is 23.7 Å². The number of epoxide rings is 1. The fraction of sp³-hybridized carbons (Fsp3) is 0.652. The first-order valence-corrected chi connectivity index (χ1v) is 21.3. The van der Waals surface area contributed by atoms with Crippen LogP contribution in [0.1, 0.15) is 103 Å². The fourth-order valence-electron chi connectivity index (χ4n) is 9.04. The van der Waals surface area contributed by atoms with Crippen LogP contribution < -0.4 is 30.2 Å². The zero-order chi connectivity index (χ0) is 41.1. The zero-order valence-corrected chi connectivity index (χ0v) is 36.2. The van der Waals surface area contributed by atoms with Gasteiger partial charge in [0.05, 0.1) is 26.4 Å². The number of methoxy groups -OCH3 is 2. The van der Waals surface area contributed by atoms with Crippen molar-refractivity contribution in [3.05, 3.63) is 53.6 Å². The van der Waals surface area contributed by atoms with Crippen LogP contribution in [0.4, 0.5) is 5.69 Å². The Kier molecular flexibility index (Phi) is 16.4. The van der Waals surface area contributed by atoms with Crippen LogP contribution in [0.3, 0.4) is 0 Å². The van der Waals surface area contributed by atoms with Gasteiger partial charge in [0.1, 0.15) is 40.3 Å². The number of rotatable bonds is 22. The highest BCUT2D eigenvalue weighted by Gasteiger charge is 2.46. The molecule has 316 valence electrons. The molecule has 2 saturated carbocycles. The van der Waals surface area contributed by atoms with E-state index in [1.807, 2.05) is 36.6 Å². The van der Waals surface area contributed by atoms with Crippen molar-refractivity contribution in [2.45, 2.75) is 110 Å². The van der Waals surface area contributed by atoms with E-state index >= 15 is 0 Å². The Hall–Kier alpha value is -3.48. The van der Waals surface area contributed by atoms with Crippen LogP contribution in [0.5, 0.6) is 17.2 Å². The predicted octanol–water partition coefficient (Wildman–Crippen LogP) is 6.88. The van der Waals surface area contributed by atoms with E-state index in [0.29, 0.717) is 59.6 Å². The molecule has 1 heterocycles. The van der Waals surface area contributed by atoms with Crippen molar-refractivity contribution in [1.82, 2.24) is 15.5 Å². The maximum Gasteiger partial charge on any atom is 0.269 e. The molecule has 3 aliphatic rings. The summed E-state index contributed by atoms with van der Waals surface area (Å²) in [5.41, 5.74) is 3.15. The number of hydrogen-bond donors (Lipinski definition) is 4. The number of nitrogens with zero attached hydrogens (tertiary/aromatic N) is 1. The van der Waals surface area contributed by atoms with Crippen LogP contribution in [0, 0.1) is 29.1 Å². The third-order valence-corrected chi connectivity index (χ3v) is 11.6. The van der Waals surface area contributed by atoms with E-state index in [-0.39, 0.29) is 35.5 Å². The Bertz CT molecular complexity index is 1620. The third-order valence-electron chi connectivity index (χ3n) is 11.6. The monoisotopic (exact) mass is 791 g/mol. The van der Waals surface area contributed by atoms with E-state index in [4.69, 9.17) is 29.1 Å². The lowest BCUT2D eigenvalue weighted by Gasteiger charge is -2.42. The summed E-state index contributed by atoms with van der Waals surface area (Å²) in [7, 11) is 7.39. The van der Waals surface area contributed by atoms with Gasteiger partial charge in [0.25, 0.3) is 5.91 Å². The van der Waals surface area contributed by atoms with E-state index in [1.54, 1.807) is 20.3 Å². The van der Waals surface area contributed by atoms with Crippen molar-refractivity contribution in [1.29, 1.82) is 5.41 Å². The average molecular weight is 791 g/mol. The molecule has 5 rings (SSSR count). The lowest BCUT2D eigenvalue weighted by molar-refractivity contribution is -0.469. The second-order valence-corrected chi connectivity index (χ2v) is 18.0. The van der Waals surface area contributed by atoms with Crippen LogP contribution in [-0.4, -0.2) is 95.6 Å². The third kappa shape index (κ3) is 13.5. The second kappa shape index (κ2) is 21.0. The molecule has 57 heavy (non-hydrogen) atoms. The number of carbonyl (C=O) groups is 1. The molecule has 4 atom stereocenters. The molecule has 0 radical (unpaired) electrons. The summed E-state index contributed by atoms with van der Waals surface area (Å²) in [6.45, 7) is 14.9. The van der Waals surface area contributed by atoms with Crippen LogP contribution in [0.25, 0.3) is 5.70 Å². The van der Waals surface area contributed by atoms with E-state index in [0.717, 1.165) is 68.7 Å². The molecule has 2 aliphatic carbocycles. The minimum atomic E-state index is -0.375. The summed E-state index contributed by atoms with van der Waals surface area (Å²) >= 11 is 0. The van der Waals surface area contributed by atoms with Gasteiger partial charge in [-0.1, -0.05) is 19.9 Å². The molecule has 4 unspecified atom stereocenters. The molecule has 2 aromatic rings. The number of quaternary nitrogens is 1. The van der Waals surface area contributed by atoms with Gasteiger partial charge in [0, 0.05) is 30.8 Å². The van der Waals surface area contributed by atoms with Crippen molar-refractivity contribution in [2.75, 3.05) is 61.1 Å². The largest absolute Gasteiger partial charge is 0.496 e. The van der Waals surface area contributed by atoms with E-state index in [9.17, 15) is 4.79 Å². The Morgan fingerprint density at radius 3 is 2.30 bits per heavy atom. The summed E-state index contributed by atoms with van der Waals surface area (Å²) in [6.07, 6.45) is 11.0. The molecule has 5 N–H and O–H groups in total. The molecule has 2 aromatic carbocycles. The summed E-state index contributed by atoms with van der Waals surface area (Å²) in [5.74, 6) is 4.31. The predicted molar refractivity (Wildman–Crippen MR) is 228 cm³/mol.